The van der Waals surface area contributed by atoms with Crippen molar-refractivity contribution in [2.45, 2.75) is 33.2 Å². The third kappa shape index (κ3) is 4.57. The first-order valence-electron chi connectivity index (χ1n) is 9.10. The van der Waals surface area contributed by atoms with Crippen LogP contribution in [0.25, 0.3) is 0 Å². The van der Waals surface area contributed by atoms with E-state index in [4.69, 9.17) is 9.47 Å². The summed E-state index contributed by atoms with van der Waals surface area (Å²) >= 11 is 0. The van der Waals surface area contributed by atoms with Gasteiger partial charge in [0.25, 0.3) is 0 Å². The zero-order chi connectivity index (χ0) is 18.4. The second-order valence-corrected chi connectivity index (χ2v) is 6.58. The molecule has 6 nitrogen and oxygen atoms in total. The molecule has 2 rings (SSSR count). The zero-order valence-corrected chi connectivity index (χ0v) is 15.8. The topological polar surface area (TPSA) is 63.4 Å². The van der Waals surface area contributed by atoms with E-state index in [9.17, 15) is 9.90 Å². The number of aromatic hydroxyl groups is 1. The highest BCUT2D eigenvalue weighted by Crippen LogP contribution is 2.36. The fourth-order valence-electron chi connectivity index (χ4n) is 3.65. The number of benzene rings is 1. The third-order valence-corrected chi connectivity index (χ3v) is 5.04. The Labute approximate surface area is 150 Å². The molecule has 1 aliphatic rings. The van der Waals surface area contributed by atoms with Crippen LogP contribution in [0.1, 0.15) is 32.3 Å². The molecule has 1 aromatic rings. The number of methoxy groups -OCH3 is 2. The van der Waals surface area contributed by atoms with Gasteiger partial charge in [0.15, 0.2) is 11.5 Å². The molecule has 25 heavy (non-hydrogen) atoms. The number of likely N-dealkylation sites (tertiary alicyclic amines) is 1. The monoisotopic (exact) mass is 351 g/mol. The Balaban J connectivity index is 2.09. The molecule has 2 N–H and O–H groups in total. The Kier molecular flexibility index (Phi) is 6.93. The largest absolute Gasteiger partial charge is 0.502 e. The molecule has 0 aliphatic carbocycles. The van der Waals surface area contributed by atoms with E-state index < -0.39 is 0 Å². The van der Waals surface area contributed by atoms with Gasteiger partial charge < -0.3 is 24.4 Å². The molecule has 2 atom stereocenters. The van der Waals surface area contributed by atoms with E-state index in [1.54, 1.807) is 0 Å². The minimum absolute atomic E-state index is 0.0250. The summed E-state index contributed by atoms with van der Waals surface area (Å²) in [5.41, 5.74) is 1.04. The number of carbonyl (C=O) groups excluding carboxylic acids is 1. The summed E-state index contributed by atoms with van der Waals surface area (Å²) in [6, 6.07) is 3.70. The van der Waals surface area contributed by atoms with Crippen molar-refractivity contribution >= 4 is 5.91 Å². The molecular formula is C19H31N2O4+. The van der Waals surface area contributed by atoms with Gasteiger partial charge in [-0.1, -0.05) is 0 Å². The highest BCUT2D eigenvalue weighted by atomic mass is 16.5. The van der Waals surface area contributed by atoms with Crippen molar-refractivity contribution in [1.29, 1.82) is 0 Å². The van der Waals surface area contributed by atoms with E-state index in [1.807, 2.05) is 30.9 Å². The summed E-state index contributed by atoms with van der Waals surface area (Å²) in [6.45, 7) is 8.29. The minimum Gasteiger partial charge on any atom is -0.502 e. The van der Waals surface area contributed by atoms with Gasteiger partial charge in [-0.3, -0.25) is 4.79 Å². The first kappa shape index (κ1) is 19.4. The van der Waals surface area contributed by atoms with Crippen LogP contribution in [0.5, 0.6) is 17.2 Å². The summed E-state index contributed by atoms with van der Waals surface area (Å²) in [7, 11) is 3.07. The first-order chi connectivity index (χ1) is 12.0. The Bertz CT molecular complexity index is 562. The van der Waals surface area contributed by atoms with Gasteiger partial charge in [-0.25, -0.2) is 0 Å². The van der Waals surface area contributed by atoms with Crippen molar-refractivity contribution in [2.24, 2.45) is 5.92 Å². The van der Waals surface area contributed by atoms with E-state index in [2.05, 4.69) is 0 Å². The molecular weight excluding hydrogens is 320 g/mol. The average molecular weight is 351 g/mol. The number of nitrogens with one attached hydrogen (secondary N) is 1. The van der Waals surface area contributed by atoms with Crippen LogP contribution in [0.4, 0.5) is 0 Å². The van der Waals surface area contributed by atoms with Crippen LogP contribution in [-0.2, 0) is 11.3 Å². The molecule has 0 saturated carbocycles. The van der Waals surface area contributed by atoms with Crippen molar-refractivity contribution in [3.8, 4) is 17.2 Å². The molecule has 1 fully saturated rings. The van der Waals surface area contributed by atoms with Crippen LogP contribution < -0.4 is 14.4 Å². The quantitative estimate of drug-likeness (QED) is 0.771. The number of hydrogen-bond donors (Lipinski definition) is 2. The average Bonchev–Trinajstić information content (AvgIpc) is 2.64. The van der Waals surface area contributed by atoms with Crippen LogP contribution in [0, 0.1) is 5.92 Å². The predicted octanol–water partition coefficient (Wildman–Crippen LogP) is 1.07. The molecule has 140 valence electrons. The SMILES string of the molecule is CCN(CC)C(=O)[C@@H]1CCC[NH+](Cc2cc(OC)c(O)c(OC)c2)C1. The molecule has 0 radical (unpaired) electrons. The van der Waals surface area contributed by atoms with Crippen molar-refractivity contribution in [3.05, 3.63) is 17.7 Å². The molecule has 0 aromatic heterocycles. The summed E-state index contributed by atoms with van der Waals surface area (Å²) in [6.07, 6.45) is 2.03. The summed E-state index contributed by atoms with van der Waals surface area (Å²) in [4.78, 5) is 16.0. The normalized spacial score (nSPS) is 20.2. The maximum atomic E-state index is 12.6. The molecule has 1 amide bonds. The van der Waals surface area contributed by atoms with E-state index >= 15 is 0 Å². The highest BCUT2D eigenvalue weighted by Gasteiger charge is 2.31. The van der Waals surface area contributed by atoms with Gasteiger partial charge >= 0.3 is 0 Å². The lowest BCUT2D eigenvalue weighted by Gasteiger charge is -2.32. The molecule has 6 heteroatoms. The van der Waals surface area contributed by atoms with E-state index in [1.165, 1.54) is 19.1 Å². The number of hydrogen-bond acceptors (Lipinski definition) is 4. The molecule has 0 spiro atoms. The zero-order valence-electron chi connectivity index (χ0n) is 15.8. The summed E-state index contributed by atoms with van der Waals surface area (Å²) in [5, 5.41) is 10.0. The van der Waals surface area contributed by atoms with Gasteiger partial charge in [0.2, 0.25) is 11.7 Å². The smallest absolute Gasteiger partial charge is 0.231 e. The lowest BCUT2D eigenvalue weighted by Crippen LogP contribution is -3.12. The Morgan fingerprint density at radius 1 is 1.24 bits per heavy atom. The number of quaternary nitrogens is 1. The van der Waals surface area contributed by atoms with Gasteiger partial charge in [-0.05, 0) is 38.8 Å². The fraction of sp³-hybridized carbons (Fsp3) is 0.632. The van der Waals surface area contributed by atoms with E-state index in [-0.39, 0.29) is 17.6 Å². The number of amides is 1. The van der Waals surface area contributed by atoms with Crippen LogP contribution >= 0.6 is 0 Å². The first-order valence-corrected chi connectivity index (χ1v) is 9.10. The second-order valence-electron chi connectivity index (χ2n) is 6.58. The van der Waals surface area contributed by atoms with Crippen molar-refractivity contribution in [3.63, 3.8) is 0 Å². The Hall–Kier alpha value is -1.95. The number of phenols is 1. The molecule has 1 heterocycles. The van der Waals surface area contributed by atoms with Crippen LogP contribution in [0.2, 0.25) is 0 Å². The van der Waals surface area contributed by atoms with Crippen molar-refractivity contribution in [2.75, 3.05) is 40.4 Å². The standard InChI is InChI=1S/C19H30N2O4/c1-5-21(6-2)19(23)15-8-7-9-20(13-15)12-14-10-16(24-3)18(22)17(11-14)25-4/h10-11,15,22H,5-9,12-13H2,1-4H3/p+1/t15-/m1/s1. The maximum absolute atomic E-state index is 12.6. The predicted molar refractivity (Wildman–Crippen MR) is 96.3 cm³/mol. The number of carbonyl (C=O) groups is 1. The van der Waals surface area contributed by atoms with Gasteiger partial charge in [-0.2, -0.15) is 0 Å². The summed E-state index contributed by atoms with van der Waals surface area (Å²) < 4.78 is 10.5. The number of phenolic OH excluding ortho intramolecular Hbond substituents is 1. The van der Waals surface area contributed by atoms with Crippen LogP contribution in [0.15, 0.2) is 12.1 Å². The fourth-order valence-corrected chi connectivity index (χ4v) is 3.65. The number of nitrogens with zero attached hydrogens (tertiary/aromatic N) is 1. The van der Waals surface area contributed by atoms with Gasteiger partial charge in [0.05, 0.1) is 33.2 Å². The van der Waals surface area contributed by atoms with Gasteiger partial charge in [0.1, 0.15) is 6.54 Å². The number of piperidine rings is 1. The van der Waals surface area contributed by atoms with Crippen molar-refractivity contribution < 1.29 is 24.3 Å². The molecule has 1 aliphatic heterocycles. The molecule has 1 unspecified atom stereocenters. The maximum Gasteiger partial charge on any atom is 0.231 e. The highest BCUT2D eigenvalue weighted by molar-refractivity contribution is 5.78. The van der Waals surface area contributed by atoms with Crippen molar-refractivity contribution in [1.82, 2.24) is 4.90 Å². The van der Waals surface area contributed by atoms with Crippen LogP contribution in [0.3, 0.4) is 0 Å². The van der Waals surface area contributed by atoms with Crippen LogP contribution in [-0.4, -0.2) is 56.3 Å². The summed E-state index contributed by atoms with van der Waals surface area (Å²) in [5.74, 6) is 1.24. The Morgan fingerprint density at radius 3 is 2.36 bits per heavy atom. The molecule has 1 aromatic carbocycles. The van der Waals surface area contributed by atoms with Gasteiger partial charge in [0, 0.05) is 18.7 Å². The lowest BCUT2D eigenvalue weighted by molar-refractivity contribution is -0.921. The van der Waals surface area contributed by atoms with Gasteiger partial charge in [-0.15, -0.1) is 0 Å². The number of rotatable bonds is 7. The lowest BCUT2D eigenvalue weighted by atomic mass is 9.96. The third-order valence-electron chi connectivity index (χ3n) is 5.04. The minimum atomic E-state index is 0.0250. The molecule has 1 saturated heterocycles. The molecule has 0 bridgehead atoms. The van der Waals surface area contributed by atoms with E-state index in [0.717, 1.165) is 51.1 Å². The Morgan fingerprint density at radius 2 is 1.84 bits per heavy atom. The second kappa shape index (κ2) is 8.94. The van der Waals surface area contributed by atoms with E-state index in [0.29, 0.717) is 11.5 Å². The number of ether oxygens (including phenoxy) is 2.